The normalized spacial score (nSPS) is 24.6. The SMILES string of the molecule is CN[C@H](C(=O)N1CCOCC1)C1CCCCC1. The number of amides is 1. The highest BCUT2D eigenvalue weighted by molar-refractivity contribution is 5.82. The van der Waals surface area contributed by atoms with Crippen LogP contribution in [0, 0.1) is 5.92 Å². The second kappa shape index (κ2) is 6.36. The van der Waals surface area contributed by atoms with Crippen LogP contribution in [0.15, 0.2) is 0 Å². The third-order valence-electron chi connectivity index (χ3n) is 4.02. The summed E-state index contributed by atoms with van der Waals surface area (Å²) < 4.78 is 5.29. The van der Waals surface area contributed by atoms with E-state index in [0.29, 0.717) is 19.1 Å². The Hall–Kier alpha value is -0.610. The lowest BCUT2D eigenvalue weighted by molar-refractivity contribution is -0.139. The van der Waals surface area contributed by atoms with Gasteiger partial charge in [0.1, 0.15) is 0 Å². The van der Waals surface area contributed by atoms with Crippen molar-refractivity contribution in [3.8, 4) is 0 Å². The zero-order valence-corrected chi connectivity index (χ0v) is 10.8. The third kappa shape index (κ3) is 3.19. The van der Waals surface area contributed by atoms with Gasteiger partial charge in [0.05, 0.1) is 19.3 Å². The third-order valence-corrected chi connectivity index (χ3v) is 4.02. The number of hydrogen-bond donors (Lipinski definition) is 1. The zero-order chi connectivity index (χ0) is 12.1. The molecule has 4 nitrogen and oxygen atoms in total. The largest absolute Gasteiger partial charge is 0.378 e. The van der Waals surface area contributed by atoms with Gasteiger partial charge in [0.15, 0.2) is 0 Å². The van der Waals surface area contributed by atoms with Crippen LogP contribution in [0.1, 0.15) is 32.1 Å². The summed E-state index contributed by atoms with van der Waals surface area (Å²) in [5, 5.41) is 3.24. The monoisotopic (exact) mass is 240 g/mol. The Labute approximate surface area is 104 Å². The van der Waals surface area contributed by atoms with Gasteiger partial charge in [-0.05, 0) is 25.8 Å². The van der Waals surface area contributed by atoms with Gasteiger partial charge in [0.2, 0.25) is 5.91 Å². The number of rotatable bonds is 3. The fourth-order valence-corrected chi connectivity index (χ4v) is 3.01. The van der Waals surface area contributed by atoms with Crippen molar-refractivity contribution in [3.05, 3.63) is 0 Å². The Morgan fingerprint density at radius 2 is 1.88 bits per heavy atom. The fraction of sp³-hybridized carbons (Fsp3) is 0.923. The van der Waals surface area contributed by atoms with Crippen molar-refractivity contribution in [1.29, 1.82) is 0 Å². The summed E-state index contributed by atoms with van der Waals surface area (Å²) in [5.41, 5.74) is 0. The Morgan fingerprint density at radius 1 is 1.24 bits per heavy atom. The van der Waals surface area contributed by atoms with E-state index in [1.807, 2.05) is 11.9 Å². The van der Waals surface area contributed by atoms with Crippen LogP contribution in [0.3, 0.4) is 0 Å². The van der Waals surface area contributed by atoms with Gasteiger partial charge in [-0.2, -0.15) is 0 Å². The molecule has 0 unspecified atom stereocenters. The van der Waals surface area contributed by atoms with Crippen LogP contribution < -0.4 is 5.32 Å². The summed E-state index contributed by atoms with van der Waals surface area (Å²) in [6, 6.07) is 0.0217. The van der Waals surface area contributed by atoms with Crippen LogP contribution in [-0.2, 0) is 9.53 Å². The van der Waals surface area contributed by atoms with Crippen molar-refractivity contribution < 1.29 is 9.53 Å². The summed E-state index contributed by atoms with van der Waals surface area (Å²) in [5.74, 6) is 0.812. The lowest BCUT2D eigenvalue weighted by atomic mass is 9.83. The summed E-state index contributed by atoms with van der Waals surface area (Å²) in [6.07, 6.45) is 6.28. The lowest BCUT2D eigenvalue weighted by Gasteiger charge is -2.35. The van der Waals surface area contributed by atoms with Crippen LogP contribution in [0.5, 0.6) is 0 Å². The van der Waals surface area contributed by atoms with Gasteiger partial charge in [0, 0.05) is 13.1 Å². The van der Waals surface area contributed by atoms with Crippen molar-refractivity contribution >= 4 is 5.91 Å². The molecule has 1 heterocycles. The minimum Gasteiger partial charge on any atom is -0.378 e. The van der Waals surface area contributed by atoms with Crippen molar-refractivity contribution in [3.63, 3.8) is 0 Å². The molecule has 1 aliphatic heterocycles. The maximum absolute atomic E-state index is 12.4. The van der Waals surface area contributed by atoms with E-state index in [2.05, 4.69) is 5.32 Å². The number of carbonyl (C=O) groups excluding carboxylic acids is 1. The van der Waals surface area contributed by atoms with Gasteiger partial charge in [-0.3, -0.25) is 4.79 Å². The highest BCUT2D eigenvalue weighted by atomic mass is 16.5. The molecule has 0 aromatic carbocycles. The molecule has 1 saturated carbocycles. The first-order valence-electron chi connectivity index (χ1n) is 6.86. The van der Waals surface area contributed by atoms with Crippen molar-refractivity contribution in [2.75, 3.05) is 33.4 Å². The Morgan fingerprint density at radius 3 is 2.47 bits per heavy atom. The molecular formula is C13H24N2O2. The highest BCUT2D eigenvalue weighted by Crippen LogP contribution is 2.27. The van der Waals surface area contributed by atoms with E-state index >= 15 is 0 Å². The molecular weight excluding hydrogens is 216 g/mol. The van der Waals surface area contributed by atoms with E-state index in [4.69, 9.17) is 4.74 Å². The standard InChI is InChI=1S/C13H24N2O2/c1-14-12(11-5-3-2-4-6-11)13(16)15-7-9-17-10-8-15/h11-12,14H,2-10H2,1H3/t12-/m0/s1. The van der Waals surface area contributed by atoms with Gasteiger partial charge in [-0.1, -0.05) is 19.3 Å². The lowest BCUT2D eigenvalue weighted by Crippen LogP contribution is -2.52. The van der Waals surface area contributed by atoms with Gasteiger partial charge < -0.3 is 15.0 Å². The average Bonchev–Trinajstić information content (AvgIpc) is 2.42. The van der Waals surface area contributed by atoms with Crippen LogP contribution in [0.25, 0.3) is 0 Å². The summed E-state index contributed by atoms with van der Waals surface area (Å²) in [4.78, 5) is 14.4. The predicted molar refractivity (Wildman–Crippen MR) is 66.8 cm³/mol. The van der Waals surface area contributed by atoms with Crippen LogP contribution in [0.4, 0.5) is 0 Å². The molecule has 2 aliphatic rings. The smallest absolute Gasteiger partial charge is 0.240 e. The number of likely N-dealkylation sites (N-methyl/N-ethyl adjacent to an activating group) is 1. The number of nitrogens with one attached hydrogen (secondary N) is 1. The predicted octanol–water partition coefficient (Wildman–Crippen LogP) is 1.01. The fourth-order valence-electron chi connectivity index (χ4n) is 3.01. The molecule has 17 heavy (non-hydrogen) atoms. The molecule has 0 spiro atoms. The first kappa shape index (κ1) is 12.8. The van der Waals surface area contributed by atoms with E-state index in [-0.39, 0.29) is 11.9 Å². The first-order chi connectivity index (χ1) is 8.33. The number of morpholine rings is 1. The number of ether oxygens (including phenoxy) is 1. The second-order valence-electron chi connectivity index (χ2n) is 5.10. The van der Waals surface area contributed by atoms with Gasteiger partial charge in [-0.25, -0.2) is 0 Å². The minimum absolute atomic E-state index is 0.0217. The summed E-state index contributed by atoms with van der Waals surface area (Å²) in [7, 11) is 1.91. The molecule has 2 rings (SSSR count). The topological polar surface area (TPSA) is 41.6 Å². The summed E-state index contributed by atoms with van der Waals surface area (Å²) >= 11 is 0. The van der Waals surface area contributed by atoms with Crippen LogP contribution in [0.2, 0.25) is 0 Å². The van der Waals surface area contributed by atoms with Crippen LogP contribution >= 0.6 is 0 Å². The molecule has 98 valence electrons. The summed E-state index contributed by atoms with van der Waals surface area (Å²) in [6.45, 7) is 2.88. The number of nitrogens with zero attached hydrogens (tertiary/aromatic N) is 1. The average molecular weight is 240 g/mol. The highest BCUT2D eigenvalue weighted by Gasteiger charge is 2.31. The molecule has 0 aromatic rings. The first-order valence-corrected chi connectivity index (χ1v) is 6.86. The Kier molecular flexibility index (Phi) is 4.80. The molecule has 1 amide bonds. The number of hydrogen-bond acceptors (Lipinski definition) is 3. The van der Waals surface area contributed by atoms with E-state index < -0.39 is 0 Å². The van der Waals surface area contributed by atoms with Gasteiger partial charge in [0.25, 0.3) is 0 Å². The quantitative estimate of drug-likeness (QED) is 0.800. The molecule has 1 atom stereocenters. The molecule has 1 saturated heterocycles. The van der Waals surface area contributed by atoms with E-state index in [9.17, 15) is 4.79 Å². The van der Waals surface area contributed by atoms with Crippen molar-refractivity contribution in [2.24, 2.45) is 5.92 Å². The van der Waals surface area contributed by atoms with Crippen LogP contribution in [-0.4, -0.2) is 50.2 Å². The molecule has 0 bridgehead atoms. The molecule has 0 radical (unpaired) electrons. The van der Waals surface area contributed by atoms with E-state index in [1.165, 1.54) is 32.1 Å². The molecule has 0 aromatic heterocycles. The Bertz CT molecular complexity index is 246. The zero-order valence-electron chi connectivity index (χ0n) is 10.8. The molecule has 1 N–H and O–H groups in total. The maximum atomic E-state index is 12.4. The maximum Gasteiger partial charge on any atom is 0.240 e. The van der Waals surface area contributed by atoms with Gasteiger partial charge in [-0.15, -0.1) is 0 Å². The number of carbonyl (C=O) groups is 1. The molecule has 2 fully saturated rings. The van der Waals surface area contributed by atoms with E-state index in [0.717, 1.165) is 13.1 Å². The van der Waals surface area contributed by atoms with Gasteiger partial charge >= 0.3 is 0 Å². The Balaban J connectivity index is 1.93. The van der Waals surface area contributed by atoms with Crippen molar-refractivity contribution in [2.45, 2.75) is 38.1 Å². The minimum atomic E-state index is 0.0217. The van der Waals surface area contributed by atoms with E-state index in [1.54, 1.807) is 0 Å². The second-order valence-corrected chi connectivity index (χ2v) is 5.10. The van der Waals surface area contributed by atoms with Crippen molar-refractivity contribution in [1.82, 2.24) is 10.2 Å². The molecule has 1 aliphatic carbocycles. The molecule has 4 heteroatoms.